The van der Waals surface area contributed by atoms with E-state index in [9.17, 15) is 4.79 Å². The lowest BCUT2D eigenvalue weighted by atomic mass is 10.1. The number of aliphatic carboxylic acids is 1. The molecule has 0 aromatic heterocycles. The van der Waals surface area contributed by atoms with Crippen LogP contribution in [0, 0.1) is 0 Å². The molecule has 1 fully saturated rings. The second-order valence-electron chi connectivity index (χ2n) is 5.03. The molecule has 1 saturated heterocycles. The summed E-state index contributed by atoms with van der Waals surface area (Å²) in [5, 5.41) is 12.2. The lowest BCUT2D eigenvalue weighted by Crippen LogP contribution is -2.43. The zero-order valence-corrected chi connectivity index (χ0v) is 10.6. The molecule has 2 unspecified atom stereocenters. The van der Waals surface area contributed by atoms with Crippen LogP contribution in [-0.4, -0.2) is 47.2 Å². The first-order valence-electron chi connectivity index (χ1n) is 6.23. The summed E-state index contributed by atoms with van der Waals surface area (Å²) in [5.41, 5.74) is 0. The number of carboxylic acid groups (broad SMARTS) is 1. The Labute approximate surface area is 98.0 Å². The summed E-state index contributed by atoms with van der Waals surface area (Å²) in [7, 11) is 0. The highest BCUT2D eigenvalue weighted by molar-refractivity contribution is 5.73. The second kappa shape index (κ2) is 6.21. The molecule has 4 nitrogen and oxygen atoms in total. The summed E-state index contributed by atoms with van der Waals surface area (Å²) >= 11 is 0. The van der Waals surface area contributed by atoms with Crippen LogP contribution in [0.25, 0.3) is 0 Å². The van der Waals surface area contributed by atoms with Gasteiger partial charge in [-0.25, -0.2) is 0 Å². The van der Waals surface area contributed by atoms with Crippen LogP contribution in [-0.2, 0) is 4.79 Å². The van der Waals surface area contributed by atoms with Gasteiger partial charge in [-0.2, -0.15) is 0 Å². The van der Waals surface area contributed by atoms with Crippen molar-refractivity contribution >= 4 is 5.97 Å². The Morgan fingerprint density at radius 2 is 2.25 bits per heavy atom. The quantitative estimate of drug-likeness (QED) is 0.720. The number of likely N-dealkylation sites (tertiary alicyclic amines) is 1. The number of carbonyl (C=O) groups is 1. The normalized spacial score (nSPS) is 23.9. The molecule has 94 valence electrons. The molecular formula is C12H24N2O2. The molecule has 1 aliphatic rings. The van der Waals surface area contributed by atoms with Crippen LogP contribution in [0.15, 0.2) is 0 Å². The van der Waals surface area contributed by atoms with E-state index < -0.39 is 12.0 Å². The van der Waals surface area contributed by atoms with Gasteiger partial charge in [0.15, 0.2) is 0 Å². The summed E-state index contributed by atoms with van der Waals surface area (Å²) in [4.78, 5) is 13.4. The molecule has 0 saturated carbocycles. The van der Waals surface area contributed by atoms with Crippen LogP contribution in [0.2, 0.25) is 0 Å². The van der Waals surface area contributed by atoms with E-state index in [0.717, 1.165) is 13.1 Å². The third kappa shape index (κ3) is 4.10. The zero-order chi connectivity index (χ0) is 12.1. The Kier molecular flexibility index (Phi) is 5.22. The predicted molar refractivity (Wildman–Crippen MR) is 64.6 cm³/mol. The molecule has 2 atom stereocenters. The molecular weight excluding hydrogens is 204 g/mol. The standard InChI is InChI=1S/C12H24N2O2/c1-9(2)13-11(12(15)16)6-8-14-7-4-5-10(14)3/h9-11,13H,4-8H2,1-3H3,(H,15,16). The van der Waals surface area contributed by atoms with E-state index in [1.807, 2.05) is 13.8 Å². The molecule has 0 radical (unpaired) electrons. The van der Waals surface area contributed by atoms with E-state index in [-0.39, 0.29) is 6.04 Å². The van der Waals surface area contributed by atoms with Crippen molar-refractivity contribution in [1.29, 1.82) is 0 Å². The highest BCUT2D eigenvalue weighted by Crippen LogP contribution is 2.16. The van der Waals surface area contributed by atoms with Crippen LogP contribution < -0.4 is 5.32 Å². The maximum Gasteiger partial charge on any atom is 0.320 e. The minimum absolute atomic E-state index is 0.220. The van der Waals surface area contributed by atoms with Crippen molar-refractivity contribution in [2.75, 3.05) is 13.1 Å². The Hall–Kier alpha value is -0.610. The first-order chi connectivity index (χ1) is 7.50. The van der Waals surface area contributed by atoms with E-state index in [1.54, 1.807) is 0 Å². The van der Waals surface area contributed by atoms with Crippen molar-refractivity contribution in [1.82, 2.24) is 10.2 Å². The summed E-state index contributed by atoms with van der Waals surface area (Å²) < 4.78 is 0. The monoisotopic (exact) mass is 228 g/mol. The Balaban J connectivity index is 2.34. The number of hydrogen-bond acceptors (Lipinski definition) is 3. The molecule has 1 aliphatic heterocycles. The third-order valence-electron chi connectivity index (χ3n) is 3.23. The molecule has 0 bridgehead atoms. The highest BCUT2D eigenvalue weighted by Gasteiger charge is 2.23. The van der Waals surface area contributed by atoms with Gasteiger partial charge in [0.05, 0.1) is 0 Å². The third-order valence-corrected chi connectivity index (χ3v) is 3.23. The van der Waals surface area contributed by atoms with E-state index in [1.165, 1.54) is 12.8 Å². The zero-order valence-electron chi connectivity index (χ0n) is 10.6. The maximum atomic E-state index is 11.0. The van der Waals surface area contributed by atoms with E-state index in [2.05, 4.69) is 17.1 Å². The lowest BCUT2D eigenvalue weighted by Gasteiger charge is -2.24. The highest BCUT2D eigenvalue weighted by atomic mass is 16.4. The smallest absolute Gasteiger partial charge is 0.320 e. The van der Waals surface area contributed by atoms with Gasteiger partial charge in [0.25, 0.3) is 0 Å². The molecule has 0 spiro atoms. The summed E-state index contributed by atoms with van der Waals surface area (Å²) in [5.74, 6) is -0.736. The Morgan fingerprint density at radius 1 is 1.56 bits per heavy atom. The van der Waals surface area contributed by atoms with Crippen molar-refractivity contribution in [3.05, 3.63) is 0 Å². The van der Waals surface area contributed by atoms with Crippen LogP contribution in [0.3, 0.4) is 0 Å². The summed E-state index contributed by atoms with van der Waals surface area (Å²) in [6.07, 6.45) is 3.18. The van der Waals surface area contributed by atoms with Gasteiger partial charge >= 0.3 is 5.97 Å². The largest absolute Gasteiger partial charge is 0.480 e. The number of nitrogens with zero attached hydrogens (tertiary/aromatic N) is 1. The number of carboxylic acids is 1. The number of hydrogen-bond donors (Lipinski definition) is 2. The van der Waals surface area contributed by atoms with Crippen LogP contribution in [0.1, 0.15) is 40.0 Å². The van der Waals surface area contributed by atoms with Crippen molar-refractivity contribution in [2.24, 2.45) is 0 Å². The topological polar surface area (TPSA) is 52.6 Å². The van der Waals surface area contributed by atoms with Crippen molar-refractivity contribution in [2.45, 2.75) is 58.2 Å². The maximum absolute atomic E-state index is 11.0. The van der Waals surface area contributed by atoms with Gasteiger partial charge in [-0.3, -0.25) is 4.79 Å². The van der Waals surface area contributed by atoms with Gasteiger partial charge in [0.1, 0.15) is 6.04 Å². The van der Waals surface area contributed by atoms with Gasteiger partial charge in [-0.05, 0) is 32.7 Å². The van der Waals surface area contributed by atoms with Crippen LogP contribution in [0.5, 0.6) is 0 Å². The first kappa shape index (κ1) is 13.5. The van der Waals surface area contributed by atoms with Crippen LogP contribution >= 0.6 is 0 Å². The fraction of sp³-hybridized carbons (Fsp3) is 0.917. The van der Waals surface area contributed by atoms with Gasteiger partial charge in [0, 0.05) is 18.6 Å². The summed E-state index contributed by atoms with van der Waals surface area (Å²) in [6, 6.07) is 0.429. The van der Waals surface area contributed by atoms with E-state index in [0.29, 0.717) is 12.5 Å². The van der Waals surface area contributed by atoms with Gasteiger partial charge in [0.2, 0.25) is 0 Å². The fourth-order valence-electron chi connectivity index (χ4n) is 2.30. The number of nitrogens with one attached hydrogen (secondary N) is 1. The Morgan fingerprint density at radius 3 is 2.69 bits per heavy atom. The molecule has 1 rings (SSSR count). The first-order valence-corrected chi connectivity index (χ1v) is 6.23. The fourth-order valence-corrected chi connectivity index (χ4v) is 2.30. The van der Waals surface area contributed by atoms with Crippen molar-refractivity contribution in [3.8, 4) is 0 Å². The molecule has 4 heteroatoms. The minimum atomic E-state index is -0.736. The lowest BCUT2D eigenvalue weighted by molar-refractivity contribution is -0.140. The SMILES string of the molecule is CC(C)NC(CCN1CCCC1C)C(=O)O. The molecule has 0 aromatic carbocycles. The molecule has 2 N–H and O–H groups in total. The van der Waals surface area contributed by atoms with Gasteiger partial charge in [-0.1, -0.05) is 13.8 Å². The van der Waals surface area contributed by atoms with Crippen molar-refractivity contribution < 1.29 is 9.90 Å². The van der Waals surface area contributed by atoms with E-state index in [4.69, 9.17) is 5.11 Å². The minimum Gasteiger partial charge on any atom is -0.480 e. The van der Waals surface area contributed by atoms with Crippen LogP contribution in [0.4, 0.5) is 0 Å². The summed E-state index contributed by atoms with van der Waals surface area (Å²) in [6.45, 7) is 8.19. The molecule has 0 aromatic rings. The van der Waals surface area contributed by atoms with Gasteiger partial charge < -0.3 is 15.3 Å². The molecule has 16 heavy (non-hydrogen) atoms. The Bertz CT molecular complexity index is 231. The average Bonchev–Trinajstić information content (AvgIpc) is 2.57. The predicted octanol–water partition coefficient (Wildman–Crippen LogP) is 1.31. The van der Waals surface area contributed by atoms with E-state index >= 15 is 0 Å². The molecule has 0 aliphatic carbocycles. The molecule has 0 amide bonds. The van der Waals surface area contributed by atoms with Crippen molar-refractivity contribution in [3.63, 3.8) is 0 Å². The van der Waals surface area contributed by atoms with Gasteiger partial charge in [-0.15, -0.1) is 0 Å². The molecule has 1 heterocycles. The average molecular weight is 228 g/mol. The second-order valence-corrected chi connectivity index (χ2v) is 5.03. The number of rotatable bonds is 6.